The van der Waals surface area contributed by atoms with Gasteiger partial charge < -0.3 is 19.5 Å². The van der Waals surface area contributed by atoms with E-state index in [1.54, 1.807) is 4.90 Å². The number of carboxylic acid groups (broad SMARTS) is 1. The van der Waals surface area contributed by atoms with Crippen molar-refractivity contribution in [2.45, 2.75) is 32.3 Å². The minimum absolute atomic E-state index is 0.0184. The number of aryl methyl sites for hydroxylation is 1. The Morgan fingerprint density at radius 3 is 2.96 bits per heavy atom. The fraction of sp³-hybridized carbons (Fsp3) is 0.529. The Kier molecular flexibility index (Phi) is 6.40. The summed E-state index contributed by atoms with van der Waals surface area (Å²) in [7, 11) is 0. The van der Waals surface area contributed by atoms with E-state index in [1.807, 2.05) is 31.2 Å². The summed E-state index contributed by atoms with van der Waals surface area (Å²) in [6.45, 7) is 3.45. The highest BCUT2D eigenvalue weighted by atomic mass is 16.5. The standard InChI is InChI=1S/C17H23NO5/c1-13-5-4-6-14(11-13)22-9-3-2-7-16(19)18-8-10-23-15(12-18)17(20)21/h4-6,11,15H,2-3,7-10,12H2,1H3,(H,20,21)/t15-/m1/s1. The van der Waals surface area contributed by atoms with Gasteiger partial charge in [-0.15, -0.1) is 0 Å². The molecule has 1 saturated heterocycles. The van der Waals surface area contributed by atoms with Crippen molar-refractivity contribution in [2.75, 3.05) is 26.3 Å². The Balaban J connectivity index is 1.64. The third-order valence-electron chi connectivity index (χ3n) is 3.74. The lowest BCUT2D eigenvalue weighted by Gasteiger charge is -2.30. The molecule has 0 aromatic heterocycles. The van der Waals surface area contributed by atoms with E-state index in [9.17, 15) is 9.59 Å². The molecule has 6 nitrogen and oxygen atoms in total. The third-order valence-corrected chi connectivity index (χ3v) is 3.74. The molecule has 1 aliphatic rings. The van der Waals surface area contributed by atoms with Gasteiger partial charge in [0.25, 0.3) is 0 Å². The number of morpholine rings is 1. The van der Waals surface area contributed by atoms with Crippen LogP contribution in [0.25, 0.3) is 0 Å². The molecule has 1 fully saturated rings. The van der Waals surface area contributed by atoms with E-state index in [1.165, 1.54) is 0 Å². The number of carbonyl (C=O) groups is 2. The number of amides is 1. The van der Waals surface area contributed by atoms with Gasteiger partial charge in [0.15, 0.2) is 6.10 Å². The zero-order valence-corrected chi connectivity index (χ0v) is 13.4. The van der Waals surface area contributed by atoms with E-state index in [0.717, 1.165) is 24.2 Å². The van der Waals surface area contributed by atoms with Gasteiger partial charge in [0, 0.05) is 13.0 Å². The fourth-order valence-electron chi connectivity index (χ4n) is 2.46. The molecule has 1 aliphatic heterocycles. The first-order valence-corrected chi connectivity index (χ1v) is 7.88. The number of ether oxygens (including phenoxy) is 2. The van der Waals surface area contributed by atoms with Crippen LogP contribution in [0.2, 0.25) is 0 Å². The molecule has 1 amide bonds. The number of carbonyl (C=O) groups excluding carboxylic acids is 1. The summed E-state index contributed by atoms with van der Waals surface area (Å²) < 4.78 is 10.7. The van der Waals surface area contributed by atoms with E-state index >= 15 is 0 Å². The first-order chi connectivity index (χ1) is 11.1. The maximum atomic E-state index is 12.1. The van der Waals surface area contributed by atoms with E-state index in [2.05, 4.69) is 0 Å². The number of nitrogens with zero attached hydrogens (tertiary/aromatic N) is 1. The largest absolute Gasteiger partial charge is 0.494 e. The predicted octanol–water partition coefficient (Wildman–Crippen LogP) is 1.86. The topological polar surface area (TPSA) is 76.1 Å². The first kappa shape index (κ1) is 17.3. The number of aliphatic carboxylic acids is 1. The summed E-state index contributed by atoms with van der Waals surface area (Å²) in [5.41, 5.74) is 1.15. The SMILES string of the molecule is Cc1cccc(OCCCCC(=O)N2CCO[C@@H](C(=O)O)C2)c1. The molecule has 2 rings (SSSR count). The quantitative estimate of drug-likeness (QED) is 0.776. The Labute approximate surface area is 136 Å². The van der Waals surface area contributed by atoms with Crippen molar-refractivity contribution in [1.29, 1.82) is 0 Å². The highest BCUT2D eigenvalue weighted by molar-refractivity contribution is 5.78. The second-order valence-corrected chi connectivity index (χ2v) is 5.66. The summed E-state index contributed by atoms with van der Waals surface area (Å²) in [5, 5.41) is 8.93. The number of carboxylic acids is 1. The van der Waals surface area contributed by atoms with Crippen LogP contribution in [0.3, 0.4) is 0 Å². The molecule has 0 radical (unpaired) electrons. The Bertz CT molecular complexity index is 546. The summed E-state index contributed by atoms with van der Waals surface area (Å²) >= 11 is 0. The van der Waals surface area contributed by atoms with Crippen LogP contribution in [0.15, 0.2) is 24.3 Å². The van der Waals surface area contributed by atoms with Crippen LogP contribution in [0.4, 0.5) is 0 Å². The van der Waals surface area contributed by atoms with Crippen LogP contribution in [0.5, 0.6) is 5.75 Å². The Morgan fingerprint density at radius 1 is 1.39 bits per heavy atom. The minimum Gasteiger partial charge on any atom is -0.494 e. The van der Waals surface area contributed by atoms with Gasteiger partial charge in [-0.1, -0.05) is 12.1 Å². The predicted molar refractivity (Wildman–Crippen MR) is 84.5 cm³/mol. The van der Waals surface area contributed by atoms with E-state index in [4.69, 9.17) is 14.6 Å². The molecule has 126 valence electrons. The lowest BCUT2D eigenvalue weighted by molar-refractivity contribution is -0.159. The number of unbranched alkanes of at least 4 members (excludes halogenated alkanes) is 1. The summed E-state index contributed by atoms with van der Waals surface area (Å²) in [4.78, 5) is 24.6. The van der Waals surface area contributed by atoms with Crippen LogP contribution in [0, 0.1) is 6.92 Å². The van der Waals surface area contributed by atoms with Crippen molar-refractivity contribution >= 4 is 11.9 Å². The highest BCUT2D eigenvalue weighted by Crippen LogP contribution is 2.13. The molecule has 0 aliphatic carbocycles. The van der Waals surface area contributed by atoms with Gasteiger partial charge in [-0.3, -0.25) is 4.79 Å². The zero-order chi connectivity index (χ0) is 16.7. The van der Waals surface area contributed by atoms with Crippen LogP contribution < -0.4 is 4.74 Å². The van der Waals surface area contributed by atoms with Crippen molar-refractivity contribution in [1.82, 2.24) is 4.90 Å². The van der Waals surface area contributed by atoms with Crippen molar-refractivity contribution in [3.8, 4) is 5.75 Å². The molecular weight excluding hydrogens is 298 g/mol. The molecule has 0 saturated carbocycles. The number of benzene rings is 1. The maximum Gasteiger partial charge on any atom is 0.334 e. The molecule has 1 aromatic rings. The third kappa shape index (κ3) is 5.56. The molecule has 1 atom stereocenters. The molecule has 0 bridgehead atoms. The van der Waals surface area contributed by atoms with Gasteiger partial charge in [0.2, 0.25) is 5.91 Å². The Morgan fingerprint density at radius 2 is 2.22 bits per heavy atom. The summed E-state index contributed by atoms with van der Waals surface area (Å²) in [6, 6.07) is 7.85. The van der Waals surface area contributed by atoms with Gasteiger partial charge in [-0.2, -0.15) is 0 Å². The van der Waals surface area contributed by atoms with Gasteiger partial charge in [0.1, 0.15) is 5.75 Å². The fourth-order valence-corrected chi connectivity index (χ4v) is 2.46. The van der Waals surface area contributed by atoms with Crippen LogP contribution in [0.1, 0.15) is 24.8 Å². The van der Waals surface area contributed by atoms with Gasteiger partial charge in [-0.25, -0.2) is 4.79 Å². The monoisotopic (exact) mass is 321 g/mol. The van der Waals surface area contributed by atoms with E-state index in [-0.39, 0.29) is 19.1 Å². The summed E-state index contributed by atoms with van der Waals surface area (Å²) in [5.74, 6) is -0.196. The number of hydrogen-bond acceptors (Lipinski definition) is 4. The molecule has 23 heavy (non-hydrogen) atoms. The average molecular weight is 321 g/mol. The average Bonchev–Trinajstić information content (AvgIpc) is 2.54. The first-order valence-electron chi connectivity index (χ1n) is 7.88. The molecule has 1 N–H and O–H groups in total. The molecular formula is C17H23NO5. The normalized spacial score (nSPS) is 17.8. The van der Waals surface area contributed by atoms with E-state index < -0.39 is 12.1 Å². The van der Waals surface area contributed by atoms with Crippen LogP contribution >= 0.6 is 0 Å². The van der Waals surface area contributed by atoms with Gasteiger partial charge >= 0.3 is 5.97 Å². The van der Waals surface area contributed by atoms with Crippen LogP contribution in [-0.2, 0) is 14.3 Å². The number of hydrogen-bond donors (Lipinski definition) is 1. The molecule has 1 aromatic carbocycles. The highest BCUT2D eigenvalue weighted by Gasteiger charge is 2.28. The van der Waals surface area contributed by atoms with Gasteiger partial charge in [0.05, 0.1) is 19.8 Å². The Hall–Kier alpha value is -2.08. The molecule has 0 unspecified atom stereocenters. The van der Waals surface area contributed by atoms with Crippen molar-refractivity contribution in [2.24, 2.45) is 0 Å². The lowest BCUT2D eigenvalue weighted by Crippen LogP contribution is -2.48. The number of rotatable bonds is 7. The molecule has 0 spiro atoms. The van der Waals surface area contributed by atoms with Crippen LogP contribution in [-0.4, -0.2) is 54.3 Å². The zero-order valence-electron chi connectivity index (χ0n) is 13.4. The minimum atomic E-state index is -1.02. The molecule has 6 heteroatoms. The second-order valence-electron chi connectivity index (χ2n) is 5.66. The second kappa shape index (κ2) is 8.53. The van der Waals surface area contributed by atoms with Crippen molar-refractivity contribution in [3.05, 3.63) is 29.8 Å². The molecule has 1 heterocycles. The van der Waals surface area contributed by atoms with Gasteiger partial charge in [-0.05, 0) is 37.5 Å². The van der Waals surface area contributed by atoms with E-state index in [0.29, 0.717) is 19.6 Å². The summed E-state index contributed by atoms with van der Waals surface area (Å²) in [6.07, 6.45) is 1.01. The maximum absolute atomic E-state index is 12.1. The smallest absolute Gasteiger partial charge is 0.334 e. The van der Waals surface area contributed by atoms with Crippen molar-refractivity contribution < 1.29 is 24.2 Å². The lowest BCUT2D eigenvalue weighted by atomic mass is 10.2. The van der Waals surface area contributed by atoms with Crippen molar-refractivity contribution in [3.63, 3.8) is 0 Å².